The zero-order valence-corrected chi connectivity index (χ0v) is 51.5. The van der Waals surface area contributed by atoms with E-state index in [4.69, 9.17) is 27.7 Å². The predicted molar refractivity (Wildman–Crippen MR) is 356 cm³/mol. The second kappa shape index (κ2) is 25.3. The molecule has 4 aliphatic rings. The molecule has 0 amide bonds. The number of hydrogen-bond donors (Lipinski definition) is 0. The molecule has 0 saturated heterocycles. The number of nitrogens with zero attached hydrogens (tertiary/aromatic N) is 4. The van der Waals surface area contributed by atoms with Crippen LogP contribution in [-0.2, 0) is 12.8 Å². The van der Waals surface area contributed by atoms with Gasteiger partial charge in [0.25, 0.3) is 0 Å². The van der Waals surface area contributed by atoms with Gasteiger partial charge in [0.2, 0.25) is 0 Å². The standard InChI is InChI=1S/C74H74N4O4S3/c1-3-5-7-9-11-13-15-17-19-21-27-49-43-63-73-65(45-49)81-61-47-51(33-37-57(61)77(73)55-29-23-25-31-59(55)79-63)67-39-41-69(83-67)53-35-36-54(72-71(53)75-85-76-72)70-42-40-68(84-70)52-34-38-58-62(48-52)82-66-46-50(28-22-20-18-16-14-12-10-8-6-4-2)44-64-74(66)78(58)56-30-24-26-32-60(56)80-64/h23-26,29-48H,3-22,27-28H2,1-2H3. The summed E-state index contributed by atoms with van der Waals surface area (Å²) in [6.45, 7) is 4.58. The van der Waals surface area contributed by atoms with Crippen molar-refractivity contribution in [2.45, 2.75) is 155 Å². The second-order valence-electron chi connectivity index (χ2n) is 23.6. The van der Waals surface area contributed by atoms with E-state index in [-0.39, 0.29) is 0 Å². The van der Waals surface area contributed by atoms with Gasteiger partial charge in [0, 0.05) is 30.6 Å². The Bertz CT molecular complexity index is 3770. The van der Waals surface area contributed by atoms with Crippen molar-refractivity contribution >= 4 is 79.6 Å². The van der Waals surface area contributed by atoms with Crippen LogP contribution < -0.4 is 28.7 Å². The maximum absolute atomic E-state index is 6.92. The van der Waals surface area contributed by atoms with Crippen molar-refractivity contribution in [1.82, 2.24) is 8.75 Å². The van der Waals surface area contributed by atoms with Gasteiger partial charge in [-0.3, -0.25) is 9.80 Å². The van der Waals surface area contributed by atoms with Gasteiger partial charge >= 0.3 is 0 Å². The van der Waals surface area contributed by atoms with E-state index in [1.165, 1.54) is 138 Å². The number of aromatic nitrogens is 2. The van der Waals surface area contributed by atoms with E-state index in [2.05, 4.69) is 169 Å². The molecule has 85 heavy (non-hydrogen) atoms. The zero-order chi connectivity index (χ0) is 57.1. The zero-order valence-electron chi connectivity index (χ0n) is 49.1. The summed E-state index contributed by atoms with van der Waals surface area (Å²) in [6, 6.07) is 52.3. The maximum atomic E-state index is 6.92. The molecule has 432 valence electrons. The molecular formula is C74H74N4O4S3. The van der Waals surface area contributed by atoms with Crippen molar-refractivity contribution in [2.24, 2.45) is 0 Å². The van der Waals surface area contributed by atoms with Crippen molar-refractivity contribution in [2.75, 3.05) is 9.80 Å². The molecule has 7 aromatic carbocycles. The lowest BCUT2D eigenvalue weighted by Crippen LogP contribution is -2.20. The molecule has 4 aliphatic heterocycles. The Kier molecular flexibility index (Phi) is 16.5. The fraction of sp³-hybridized carbons (Fsp3) is 0.324. The molecule has 0 bridgehead atoms. The lowest BCUT2D eigenvalue weighted by molar-refractivity contribution is 0.444. The summed E-state index contributed by atoms with van der Waals surface area (Å²) < 4.78 is 37.0. The molecule has 0 N–H and O–H groups in total. The maximum Gasteiger partial charge on any atom is 0.155 e. The van der Waals surface area contributed by atoms with Crippen LogP contribution >= 0.6 is 34.4 Å². The summed E-state index contributed by atoms with van der Waals surface area (Å²) in [6.07, 6.45) is 28.4. The number of rotatable bonds is 26. The van der Waals surface area contributed by atoms with Crippen LogP contribution in [0.2, 0.25) is 0 Å². The predicted octanol–water partition coefficient (Wildman–Crippen LogP) is 24.8. The molecule has 10 aromatic rings. The molecule has 7 heterocycles. The van der Waals surface area contributed by atoms with Crippen LogP contribution in [0.25, 0.3) is 52.8 Å². The minimum Gasteiger partial charge on any atom is -0.453 e. The minimum atomic E-state index is 0.836. The number of para-hydroxylation sites is 4. The summed E-state index contributed by atoms with van der Waals surface area (Å²) in [7, 11) is 0. The van der Waals surface area contributed by atoms with Crippen LogP contribution in [0, 0.1) is 0 Å². The van der Waals surface area contributed by atoms with E-state index in [0.29, 0.717) is 0 Å². The average Bonchev–Trinajstić information content (AvgIpc) is 1.45. The molecule has 0 atom stereocenters. The molecule has 0 unspecified atom stereocenters. The van der Waals surface area contributed by atoms with Crippen molar-refractivity contribution in [3.05, 3.63) is 157 Å². The van der Waals surface area contributed by atoms with Gasteiger partial charge in [0.15, 0.2) is 46.0 Å². The van der Waals surface area contributed by atoms with Crippen molar-refractivity contribution < 1.29 is 18.9 Å². The van der Waals surface area contributed by atoms with E-state index < -0.39 is 0 Å². The summed E-state index contributed by atoms with van der Waals surface area (Å²) in [5, 5.41) is 0. The normalized spacial score (nSPS) is 13.0. The Morgan fingerprint density at radius 1 is 0.329 bits per heavy atom. The number of fused-ring (bicyclic) bond motifs is 9. The number of thiophene rings is 2. The topological polar surface area (TPSA) is 69.2 Å². The van der Waals surface area contributed by atoms with E-state index in [1.807, 2.05) is 0 Å². The number of unbranched alkanes of at least 4 members (excludes halogenated alkanes) is 18. The fourth-order valence-electron chi connectivity index (χ4n) is 13.0. The van der Waals surface area contributed by atoms with Crippen LogP contribution in [-0.4, -0.2) is 8.75 Å². The average molecular weight is 1180 g/mol. The Morgan fingerprint density at radius 2 is 0.682 bits per heavy atom. The van der Waals surface area contributed by atoms with Crippen molar-refractivity contribution in [3.63, 3.8) is 0 Å². The number of anilines is 6. The molecule has 14 rings (SSSR count). The highest BCUT2D eigenvalue weighted by Crippen LogP contribution is 2.62. The first kappa shape index (κ1) is 55.4. The van der Waals surface area contributed by atoms with Gasteiger partial charge in [-0.1, -0.05) is 178 Å². The van der Waals surface area contributed by atoms with Gasteiger partial charge in [0.05, 0.1) is 34.5 Å². The van der Waals surface area contributed by atoms with E-state index >= 15 is 0 Å². The fourth-order valence-corrected chi connectivity index (χ4v) is 15.7. The smallest absolute Gasteiger partial charge is 0.155 e. The van der Waals surface area contributed by atoms with Gasteiger partial charge < -0.3 is 18.9 Å². The highest BCUT2D eigenvalue weighted by molar-refractivity contribution is 7.19. The summed E-state index contributed by atoms with van der Waals surface area (Å²) in [5.74, 6) is 6.78. The SMILES string of the molecule is CCCCCCCCCCCCc1cc2c3c(c1)Oc1cc(-c4ccc(-c5ccc(-c6ccc(-c7ccc8c(c7)Oc7cc(CCCCCCCCCCCC)cc9c7N8c7ccccc7O9)s6)c6nsnc56)s4)ccc1N3c1ccccc1O2. The van der Waals surface area contributed by atoms with E-state index in [0.717, 1.165) is 159 Å². The number of benzene rings is 7. The molecule has 11 heteroatoms. The molecular weight excluding hydrogens is 1110 g/mol. The first-order chi connectivity index (χ1) is 42.1. The monoisotopic (exact) mass is 1180 g/mol. The van der Waals surface area contributed by atoms with E-state index in [1.54, 1.807) is 22.7 Å². The van der Waals surface area contributed by atoms with Gasteiger partial charge in [0.1, 0.15) is 22.4 Å². The number of aryl methyl sites for hydroxylation is 2. The Morgan fingerprint density at radius 3 is 1.09 bits per heavy atom. The second-order valence-corrected chi connectivity index (χ2v) is 26.3. The highest BCUT2D eigenvalue weighted by Gasteiger charge is 2.37. The molecule has 8 nitrogen and oxygen atoms in total. The van der Waals surface area contributed by atoms with Gasteiger partial charge in [-0.05, 0) is 145 Å². The quantitative estimate of drug-likeness (QED) is 0.0497. The van der Waals surface area contributed by atoms with E-state index in [9.17, 15) is 0 Å². The largest absolute Gasteiger partial charge is 0.453 e. The van der Waals surface area contributed by atoms with Crippen LogP contribution in [0.3, 0.4) is 0 Å². The van der Waals surface area contributed by atoms with Gasteiger partial charge in [-0.2, -0.15) is 8.75 Å². The molecule has 0 saturated carbocycles. The van der Waals surface area contributed by atoms with Gasteiger partial charge in [-0.25, -0.2) is 0 Å². The lowest BCUT2D eigenvalue weighted by Gasteiger charge is -2.38. The Balaban J connectivity index is 0.678. The molecule has 0 fully saturated rings. The third kappa shape index (κ3) is 11.4. The Labute approximate surface area is 513 Å². The molecule has 0 spiro atoms. The highest BCUT2D eigenvalue weighted by atomic mass is 32.1. The van der Waals surface area contributed by atoms with Crippen molar-refractivity contribution in [1.29, 1.82) is 0 Å². The number of ether oxygens (including phenoxy) is 4. The first-order valence-corrected chi connectivity index (χ1v) is 34.0. The van der Waals surface area contributed by atoms with Crippen LogP contribution in [0.4, 0.5) is 34.1 Å². The Hall–Kier alpha value is -7.44. The third-order valence-electron chi connectivity index (χ3n) is 17.5. The summed E-state index contributed by atoms with van der Waals surface area (Å²) in [4.78, 5) is 9.27. The molecule has 3 aromatic heterocycles. The van der Waals surface area contributed by atoms with Crippen molar-refractivity contribution in [3.8, 4) is 87.8 Å². The number of hydrogen-bond acceptors (Lipinski definition) is 11. The first-order valence-electron chi connectivity index (χ1n) is 31.6. The lowest BCUT2D eigenvalue weighted by atomic mass is 10.0. The van der Waals surface area contributed by atoms with Gasteiger partial charge in [-0.15, -0.1) is 22.7 Å². The third-order valence-corrected chi connectivity index (χ3v) is 20.4. The van der Waals surface area contributed by atoms with Crippen LogP contribution in [0.1, 0.15) is 153 Å². The van der Waals surface area contributed by atoms with Crippen LogP contribution in [0.15, 0.2) is 146 Å². The molecule has 0 radical (unpaired) electrons. The van der Waals surface area contributed by atoms with Crippen LogP contribution in [0.5, 0.6) is 46.0 Å². The molecule has 0 aliphatic carbocycles. The summed E-state index contributed by atoms with van der Waals surface area (Å²) >= 11 is 4.82. The summed E-state index contributed by atoms with van der Waals surface area (Å²) in [5.41, 5.74) is 14.7. The minimum absolute atomic E-state index is 0.836.